The van der Waals surface area contributed by atoms with E-state index in [0.29, 0.717) is 12.0 Å². The summed E-state index contributed by atoms with van der Waals surface area (Å²) < 4.78 is 5.03. The quantitative estimate of drug-likeness (QED) is 0.755. The fourth-order valence-electron chi connectivity index (χ4n) is 1.70. The molecule has 15 heavy (non-hydrogen) atoms. The molecule has 1 heterocycles. The highest BCUT2D eigenvalue weighted by Crippen LogP contribution is 2.26. The van der Waals surface area contributed by atoms with Gasteiger partial charge in [-0.05, 0) is 36.8 Å². The zero-order valence-electron chi connectivity index (χ0n) is 10.0. The van der Waals surface area contributed by atoms with Crippen molar-refractivity contribution in [2.75, 3.05) is 20.3 Å². The van der Waals surface area contributed by atoms with Gasteiger partial charge in [0, 0.05) is 24.6 Å². The van der Waals surface area contributed by atoms with Gasteiger partial charge in [-0.1, -0.05) is 6.92 Å². The zero-order valence-corrected chi connectivity index (χ0v) is 10.9. The van der Waals surface area contributed by atoms with Crippen molar-refractivity contribution < 1.29 is 4.74 Å². The largest absolute Gasteiger partial charge is 0.383 e. The maximum Gasteiger partial charge on any atom is 0.0587 e. The van der Waals surface area contributed by atoms with Crippen LogP contribution in [0.4, 0.5) is 0 Å². The number of aryl methyl sites for hydroxylation is 1. The van der Waals surface area contributed by atoms with E-state index in [0.717, 1.165) is 13.2 Å². The van der Waals surface area contributed by atoms with Crippen LogP contribution in [-0.4, -0.2) is 26.3 Å². The molecule has 0 bridgehead atoms. The summed E-state index contributed by atoms with van der Waals surface area (Å²) >= 11 is 1.83. The lowest BCUT2D eigenvalue weighted by molar-refractivity contribution is 0.195. The SMILES string of the molecule is COCCNC(C)C(C)c1ccsc1C. The lowest BCUT2D eigenvalue weighted by Gasteiger charge is -2.21. The van der Waals surface area contributed by atoms with Crippen LogP contribution >= 0.6 is 11.3 Å². The Kier molecular flexibility index (Phi) is 5.29. The van der Waals surface area contributed by atoms with Crippen molar-refractivity contribution in [1.29, 1.82) is 0 Å². The normalized spacial score (nSPS) is 15.2. The summed E-state index contributed by atoms with van der Waals surface area (Å²) in [5.74, 6) is 0.563. The first-order chi connectivity index (χ1) is 7.16. The first kappa shape index (κ1) is 12.7. The van der Waals surface area contributed by atoms with Crippen LogP contribution in [-0.2, 0) is 4.74 Å². The molecule has 1 N–H and O–H groups in total. The molecule has 3 heteroatoms. The van der Waals surface area contributed by atoms with Crippen LogP contribution in [0, 0.1) is 6.92 Å². The topological polar surface area (TPSA) is 21.3 Å². The van der Waals surface area contributed by atoms with E-state index < -0.39 is 0 Å². The number of thiophene rings is 1. The van der Waals surface area contributed by atoms with Gasteiger partial charge in [-0.15, -0.1) is 11.3 Å². The maximum atomic E-state index is 5.03. The molecule has 0 amide bonds. The van der Waals surface area contributed by atoms with Crippen molar-refractivity contribution in [2.24, 2.45) is 0 Å². The van der Waals surface area contributed by atoms with Gasteiger partial charge < -0.3 is 10.1 Å². The molecule has 0 spiro atoms. The maximum absolute atomic E-state index is 5.03. The fraction of sp³-hybridized carbons (Fsp3) is 0.667. The Morgan fingerprint density at radius 1 is 1.47 bits per heavy atom. The monoisotopic (exact) mass is 227 g/mol. The van der Waals surface area contributed by atoms with E-state index in [2.05, 4.69) is 37.5 Å². The van der Waals surface area contributed by atoms with Gasteiger partial charge in [0.1, 0.15) is 0 Å². The fourth-order valence-corrected chi connectivity index (χ4v) is 2.51. The summed E-state index contributed by atoms with van der Waals surface area (Å²) in [4.78, 5) is 1.43. The molecule has 0 saturated carbocycles. The van der Waals surface area contributed by atoms with E-state index >= 15 is 0 Å². The Hall–Kier alpha value is -0.380. The average molecular weight is 227 g/mol. The molecule has 2 atom stereocenters. The van der Waals surface area contributed by atoms with E-state index in [-0.39, 0.29) is 0 Å². The van der Waals surface area contributed by atoms with Crippen molar-refractivity contribution in [1.82, 2.24) is 5.32 Å². The smallest absolute Gasteiger partial charge is 0.0587 e. The average Bonchev–Trinajstić information content (AvgIpc) is 2.63. The van der Waals surface area contributed by atoms with Gasteiger partial charge in [0.15, 0.2) is 0 Å². The second kappa shape index (κ2) is 6.26. The third-order valence-corrected chi connectivity index (χ3v) is 3.77. The van der Waals surface area contributed by atoms with Gasteiger partial charge in [-0.3, -0.25) is 0 Å². The van der Waals surface area contributed by atoms with Crippen molar-refractivity contribution in [3.63, 3.8) is 0 Å². The van der Waals surface area contributed by atoms with Crippen molar-refractivity contribution in [2.45, 2.75) is 32.7 Å². The van der Waals surface area contributed by atoms with Gasteiger partial charge in [0.25, 0.3) is 0 Å². The number of methoxy groups -OCH3 is 1. The van der Waals surface area contributed by atoms with Crippen LogP contribution in [0.5, 0.6) is 0 Å². The van der Waals surface area contributed by atoms with E-state index in [4.69, 9.17) is 4.74 Å². The summed E-state index contributed by atoms with van der Waals surface area (Å²) in [6, 6.07) is 2.73. The molecule has 2 nitrogen and oxygen atoms in total. The molecule has 0 saturated heterocycles. The highest BCUT2D eigenvalue weighted by atomic mass is 32.1. The summed E-state index contributed by atoms with van der Waals surface area (Å²) in [6.45, 7) is 8.40. The van der Waals surface area contributed by atoms with Gasteiger partial charge >= 0.3 is 0 Å². The van der Waals surface area contributed by atoms with Crippen LogP contribution < -0.4 is 5.32 Å². The minimum atomic E-state index is 0.494. The first-order valence-electron chi connectivity index (χ1n) is 5.43. The van der Waals surface area contributed by atoms with E-state index in [9.17, 15) is 0 Å². The summed E-state index contributed by atoms with van der Waals surface area (Å²) in [7, 11) is 1.73. The van der Waals surface area contributed by atoms with Gasteiger partial charge in [0.2, 0.25) is 0 Å². The van der Waals surface area contributed by atoms with Crippen LogP contribution in [0.15, 0.2) is 11.4 Å². The molecule has 2 unspecified atom stereocenters. The summed E-state index contributed by atoms with van der Waals surface area (Å²) in [5.41, 5.74) is 1.47. The highest BCUT2D eigenvalue weighted by Gasteiger charge is 2.15. The molecule has 0 fully saturated rings. The predicted octanol–water partition coefficient (Wildman–Crippen LogP) is 2.78. The molecule has 1 rings (SSSR count). The zero-order chi connectivity index (χ0) is 11.3. The minimum absolute atomic E-state index is 0.494. The summed E-state index contributed by atoms with van der Waals surface area (Å²) in [6.07, 6.45) is 0. The van der Waals surface area contributed by atoms with Crippen LogP contribution in [0.3, 0.4) is 0 Å². The molecule has 1 aromatic heterocycles. The van der Waals surface area contributed by atoms with E-state index in [1.807, 2.05) is 11.3 Å². The predicted molar refractivity (Wildman–Crippen MR) is 66.8 cm³/mol. The molecule has 86 valence electrons. The molecular formula is C12H21NOS. The Labute approximate surface area is 96.7 Å². The van der Waals surface area contributed by atoms with Crippen molar-refractivity contribution >= 4 is 11.3 Å². The van der Waals surface area contributed by atoms with Gasteiger partial charge in [-0.25, -0.2) is 0 Å². The van der Waals surface area contributed by atoms with Gasteiger partial charge in [0.05, 0.1) is 6.61 Å². The molecule has 0 radical (unpaired) electrons. The van der Waals surface area contributed by atoms with Crippen LogP contribution in [0.2, 0.25) is 0 Å². The Morgan fingerprint density at radius 3 is 2.73 bits per heavy atom. The van der Waals surface area contributed by atoms with E-state index in [1.165, 1.54) is 10.4 Å². The second-order valence-electron chi connectivity index (χ2n) is 3.96. The van der Waals surface area contributed by atoms with Gasteiger partial charge in [-0.2, -0.15) is 0 Å². The summed E-state index contributed by atoms with van der Waals surface area (Å²) in [5, 5.41) is 5.65. The third-order valence-electron chi connectivity index (χ3n) is 2.91. The van der Waals surface area contributed by atoms with Crippen molar-refractivity contribution in [3.8, 4) is 0 Å². The molecule has 0 aromatic carbocycles. The third kappa shape index (κ3) is 3.59. The second-order valence-corrected chi connectivity index (χ2v) is 5.08. The number of nitrogens with one attached hydrogen (secondary N) is 1. The molecule has 0 aliphatic carbocycles. The Balaban J connectivity index is 2.46. The number of ether oxygens (including phenoxy) is 1. The number of rotatable bonds is 6. The highest BCUT2D eigenvalue weighted by molar-refractivity contribution is 7.10. The number of hydrogen-bond acceptors (Lipinski definition) is 3. The Morgan fingerprint density at radius 2 is 2.20 bits per heavy atom. The molecule has 0 aliphatic rings. The minimum Gasteiger partial charge on any atom is -0.383 e. The lowest BCUT2D eigenvalue weighted by atomic mass is 9.95. The van der Waals surface area contributed by atoms with Crippen LogP contribution in [0.25, 0.3) is 0 Å². The molecule has 1 aromatic rings. The first-order valence-corrected chi connectivity index (χ1v) is 6.31. The standard InChI is InChI=1S/C12H21NOS/c1-9(10(2)13-6-7-14-4)12-5-8-15-11(12)3/h5,8-10,13H,6-7H2,1-4H3. The molecule has 0 aliphatic heterocycles. The lowest BCUT2D eigenvalue weighted by Crippen LogP contribution is -2.33. The van der Waals surface area contributed by atoms with E-state index in [1.54, 1.807) is 7.11 Å². The van der Waals surface area contributed by atoms with Crippen molar-refractivity contribution in [3.05, 3.63) is 21.9 Å². The Bertz CT molecular complexity index is 285. The number of hydrogen-bond donors (Lipinski definition) is 1. The van der Waals surface area contributed by atoms with Crippen LogP contribution in [0.1, 0.15) is 30.2 Å². The molecular weight excluding hydrogens is 206 g/mol.